The maximum Gasteiger partial charge on any atom is 0.332 e. The van der Waals surface area contributed by atoms with Crippen molar-refractivity contribution >= 4 is 12.0 Å². The molecule has 116 valence electrons. The topological polar surface area (TPSA) is 89.9 Å². The largest absolute Gasteiger partial charge is 0.479 e. The van der Waals surface area contributed by atoms with Crippen LogP contribution < -0.4 is 5.32 Å². The summed E-state index contributed by atoms with van der Waals surface area (Å²) in [5.74, 6) is -0.539. The minimum Gasteiger partial charge on any atom is -0.479 e. The second-order valence-corrected chi connectivity index (χ2v) is 5.45. The summed E-state index contributed by atoms with van der Waals surface area (Å²) < 4.78 is 0. The van der Waals surface area contributed by atoms with E-state index in [2.05, 4.69) is 12.2 Å². The number of likely N-dealkylation sites (tertiary alicyclic amines) is 1. The van der Waals surface area contributed by atoms with Gasteiger partial charge in [-0.05, 0) is 25.2 Å². The van der Waals surface area contributed by atoms with Crippen molar-refractivity contribution in [2.75, 3.05) is 19.6 Å². The first-order valence-electron chi connectivity index (χ1n) is 7.48. The van der Waals surface area contributed by atoms with Crippen molar-refractivity contribution < 1.29 is 19.8 Å². The minimum absolute atomic E-state index is 0.0351. The number of hydrogen-bond acceptors (Lipinski definition) is 3. The highest BCUT2D eigenvalue weighted by Gasteiger charge is 2.20. The molecule has 20 heavy (non-hydrogen) atoms. The molecule has 0 aromatic heterocycles. The number of aliphatic carboxylic acids is 1. The Kier molecular flexibility index (Phi) is 7.36. The normalized spacial score (nSPS) is 21.1. The third kappa shape index (κ3) is 5.77. The molecule has 6 heteroatoms. The molecule has 0 aromatic carbocycles. The van der Waals surface area contributed by atoms with Crippen LogP contribution in [0.5, 0.6) is 0 Å². The zero-order chi connectivity index (χ0) is 15.0. The third-order valence-corrected chi connectivity index (χ3v) is 3.81. The lowest BCUT2D eigenvalue weighted by molar-refractivity contribution is -0.146. The molecule has 0 spiro atoms. The maximum atomic E-state index is 12.0. The van der Waals surface area contributed by atoms with Crippen LogP contribution in [-0.4, -0.2) is 52.9 Å². The average Bonchev–Trinajstić information content (AvgIpc) is 2.64. The second-order valence-electron chi connectivity index (χ2n) is 5.45. The molecule has 6 nitrogen and oxygen atoms in total. The third-order valence-electron chi connectivity index (χ3n) is 3.81. The summed E-state index contributed by atoms with van der Waals surface area (Å²) in [6.45, 7) is 3.88. The van der Waals surface area contributed by atoms with Gasteiger partial charge >= 0.3 is 12.0 Å². The van der Waals surface area contributed by atoms with Crippen molar-refractivity contribution in [2.24, 2.45) is 5.92 Å². The van der Waals surface area contributed by atoms with E-state index in [0.29, 0.717) is 5.92 Å². The predicted molar refractivity (Wildman–Crippen MR) is 75.5 cm³/mol. The quantitative estimate of drug-likeness (QED) is 0.689. The smallest absolute Gasteiger partial charge is 0.332 e. The number of aliphatic hydroxyl groups excluding tert-OH is 1. The van der Waals surface area contributed by atoms with Crippen LogP contribution in [0.15, 0.2) is 0 Å². The Balaban J connectivity index is 2.27. The molecular weight excluding hydrogens is 260 g/mol. The number of urea groups is 1. The number of nitrogens with zero attached hydrogens (tertiary/aromatic N) is 1. The molecule has 1 aliphatic rings. The standard InChI is InChI=1S/C14H26N2O4/c1-2-4-11-5-3-9-16(10-7-11)14(20)15-8-6-12(17)13(18)19/h11-12,17H,2-10H2,1H3,(H,15,20)(H,18,19). The first-order chi connectivity index (χ1) is 9.54. The van der Waals surface area contributed by atoms with Gasteiger partial charge in [0, 0.05) is 26.1 Å². The summed E-state index contributed by atoms with van der Waals surface area (Å²) >= 11 is 0. The van der Waals surface area contributed by atoms with Gasteiger partial charge in [0.25, 0.3) is 0 Å². The highest BCUT2D eigenvalue weighted by molar-refractivity contribution is 5.74. The molecule has 0 saturated carbocycles. The van der Waals surface area contributed by atoms with Gasteiger partial charge in [0.05, 0.1) is 0 Å². The van der Waals surface area contributed by atoms with Gasteiger partial charge in [0.1, 0.15) is 0 Å². The van der Waals surface area contributed by atoms with E-state index in [0.717, 1.165) is 25.9 Å². The Morgan fingerprint density at radius 3 is 2.75 bits per heavy atom. The fourth-order valence-electron chi connectivity index (χ4n) is 2.62. The van der Waals surface area contributed by atoms with Gasteiger partial charge in [-0.2, -0.15) is 0 Å². The zero-order valence-corrected chi connectivity index (χ0v) is 12.2. The summed E-state index contributed by atoms with van der Waals surface area (Å²) in [6.07, 6.45) is 4.27. The van der Waals surface area contributed by atoms with Crippen molar-refractivity contribution in [3.05, 3.63) is 0 Å². The van der Waals surface area contributed by atoms with Crippen LogP contribution in [0.3, 0.4) is 0 Å². The van der Waals surface area contributed by atoms with Crippen molar-refractivity contribution in [2.45, 2.75) is 51.6 Å². The Bertz CT molecular complexity index is 322. The van der Waals surface area contributed by atoms with Crippen LogP contribution in [0.2, 0.25) is 0 Å². The molecule has 1 rings (SSSR count). The molecule has 0 aliphatic carbocycles. The molecule has 1 heterocycles. The van der Waals surface area contributed by atoms with E-state index in [1.165, 1.54) is 19.3 Å². The highest BCUT2D eigenvalue weighted by atomic mass is 16.4. The molecule has 1 fully saturated rings. The van der Waals surface area contributed by atoms with Gasteiger partial charge in [-0.3, -0.25) is 0 Å². The van der Waals surface area contributed by atoms with E-state index in [1.807, 2.05) is 0 Å². The van der Waals surface area contributed by atoms with Crippen LogP contribution in [0.4, 0.5) is 4.79 Å². The van der Waals surface area contributed by atoms with E-state index in [-0.39, 0.29) is 19.0 Å². The van der Waals surface area contributed by atoms with E-state index in [1.54, 1.807) is 4.90 Å². The van der Waals surface area contributed by atoms with Crippen LogP contribution in [0.1, 0.15) is 45.4 Å². The van der Waals surface area contributed by atoms with E-state index < -0.39 is 12.1 Å². The minimum atomic E-state index is -1.41. The van der Waals surface area contributed by atoms with Crippen molar-refractivity contribution in [1.29, 1.82) is 0 Å². The SMILES string of the molecule is CCCC1CCCN(C(=O)NCCC(O)C(=O)O)CC1. The number of carbonyl (C=O) groups excluding carboxylic acids is 1. The number of carboxylic acids is 1. The lowest BCUT2D eigenvalue weighted by Gasteiger charge is -2.21. The van der Waals surface area contributed by atoms with E-state index >= 15 is 0 Å². The summed E-state index contributed by atoms with van der Waals surface area (Å²) in [5, 5.41) is 20.3. The molecule has 2 unspecified atom stereocenters. The lowest BCUT2D eigenvalue weighted by atomic mass is 9.96. The maximum absolute atomic E-state index is 12.0. The molecule has 1 aliphatic heterocycles. The van der Waals surface area contributed by atoms with Crippen molar-refractivity contribution in [1.82, 2.24) is 10.2 Å². The number of hydrogen-bond donors (Lipinski definition) is 3. The molecule has 0 radical (unpaired) electrons. The molecule has 1 saturated heterocycles. The van der Waals surface area contributed by atoms with Crippen molar-refractivity contribution in [3.63, 3.8) is 0 Å². The molecule has 3 N–H and O–H groups in total. The molecule has 0 bridgehead atoms. The fraction of sp³-hybridized carbons (Fsp3) is 0.857. The summed E-state index contributed by atoms with van der Waals surface area (Å²) in [6, 6.07) is -0.153. The summed E-state index contributed by atoms with van der Waals surface area (Å²) in [5.41, 5.74) is 0. The summed E-state index contributed by atoms with van der Waals surface area (Å²) in [4.78, 5) is 24.2. The Hall–Kier alpha value is -1.30. The Morgan fingerprint density at radius 1 is 1.35 bits per heavy atom. The van der Waals surface area contributed by atoms with E-state index in [4.69, 9.17) is 10.2 Å². The number of nitrogens with one attached hydrogen (secondary N) is 1. The van der Waals surface area contributed by atoms with Gasteiger partial charge in [-0.25, -0.2) is 9.59 Å². The number of aliphatic hydroxyl groups is 1. The van der Waals surface area contributed by atoms with Gasteiger partial charge in [0.15, 0.2) is 6.10 Å². The van der Waals surface area contributed by atoms with E-state index in [9.17, 15) is 9.59 Å². The van der Waals surface area contributed by atoms with Crippen LogP contribution >= 0.6 is 0 Å². The molecule has 0 aromatic rings. The predicted octanol–water partition coefficient (Wildman–Crippen LogP) is 1.43. The highest BCUT2D eigenvalue weighted by Crippen LogP contribution is 2.21. The fourth-order valence-corrected chi connectivity index (χ4v) is 2.62. The Morgan fingerprint density at radius 2 is 2.10 bits per heavy atom. The van der Waals surface area contributed by atoms with Crippen LogP contribution in [0.25, 0.3) is 0 Å². The molecule has 2 atom stereocenters. The number of carbonyl (C=O) groups is 2. The van der Waals surface area contributed by atoms with Crippen molar-refractivity contribution in [3.8, 4) is 0 Å². The number of carboxylic acid groups (broad SMARTS) is 1. The Labute approximate surface area is 120 Å². The van der Waals surface area contributed by atoms with Gasteiger partial charge in [-0.1, -0.05) is 19.8 Å². The van der Waals surface area contributed by atoms with Crippen LogP contribution in [-0.2, 0) is 4.79 Å². The number of rotatable bonds is 6. The second kappa shape index (κ2) is 8.79. The molecular formula is C14H26N2O4. The monoisotopic (exact) mass is 286 g/mol. The van der Waals surface area contributed by atoms with Gasteiger partial charge in [-0.15, -0.1) is 0 Å². The first kappa shape index (κ1) is 16.8. The number of amides is 2. The van der Waals surface area contributed by atoms with Gasteiger partial charge < -0.3 is 20.4 Å². The van der Waals surface area contributed by atoms with Crippen LogP contribution in [0, 0.1) is 5.92 Å². The summed E-state index contributed by atoms with van der Waals surface area (Å²) in [7, 11) is 0. The van der Waals surface area contributed by atoms with Gasteiger partial charge in [0.2, 0.25) is 0 Å². The first-order valence-corrected chi connectivity index (χ1v) is 7.48. The zero-order valence-electron chi connectivity index (χ0n) is 12.2. The molecule has 2 amide bonds. The lowest BCUT2D eigenvalue weighted by Crippen LogP contribution is -2.41. The average molecular weight is 286 g/mol.